The number of hydrogen-bond donors (Lipinski definition) is 0. The topological polar surface area (TPSA) is 29.3 Å². The van der Waals surface area contributed by atoms with Gasteiger partial charge in [-0.1, -0.05) is 30.1 Å². The molecule has 0 atom stereocenters. The lowest BCUT2D eigenvalue weighted by Crippen LogP contribution is -2.33. The number of nitrogens with zero attached hydrogens (tertiary/aromatic N) is 2. The van der Waals surface area contributed by atoms with Crippen molar-refractivity contribution in [1.82, 2.24) is 10.1 Å². The summed E-state index contributed by atoms with van der Waals surface area (Å²) < 4.78 is 5.49. The van der Waals surface area contributed by atoms with Crippen molar-refractivity contribution < 1.29 is 4.52 Å². The Hall–Kier alpha value is -1.35. The number of aromatic nitrogens is 1. The van der Waals surface area contributed by atoms with Gasteiger partial charge < -0.3 is 9.42 Å². The van der Waals surface area contributed by atoms with E-state index >= 15 is 0 Å². The molecule has 0 saturated carbocycles. The first-order valence-corrected chi connectivity index (χ1v) is 7.86. The van der Waals surface area contributed by atoms with Gasteiger partial charge in [0.05, 0.1) is 5.69 Å². The van der Waals surface area contributed by atoms with Gasteiger partial charge in [-0.2, -0.15) is 0 Å². The van der Waals surface area contributed by atoms with E-state index in [9.17, 15) is 0 Å². The maximum Gasteiger partial charge on any atom is 0.167 e. The molecule has 0 spiro atoms. The van der Waals surface area contributed by atoms with Gasteiger partial charge in [0.1, 0.15) is 0 Å². The summed E-state index contributed by atoms with van der Waals surface area (Å²) >= 11 is 0. The van der Waals surface area contributed by atoms with Gasteiger partial charge in [-0.15, -0.1) is 0 Å². The Labute approximate surface area is 120 Å². The maximum atomic E-state index is 5.49. The highest BCUT2D eigenvalue weighted by atomic mass is 16.5. The van der Waals surface area contributed by atoms with Crippen molar-refractivity contribution >= 4 is 11.0 Å². The zero-order valence-electron chi connectivity index (χ0n) is 12.6. The van der Waals surface area contributed by atoms with Gasteiger partial charge in [-0.05, 0) is 58.0 Å². The fourth-order valence-corrected chi connectivity index (χ4v) is 3.18. The van der Waals surface area contributed by atoms with Gasteiger partial charge in [0.25, 0.3) is 0 Å². The molecule has 0 unspecified atom stereocenters. The van der Waals surface area contributed by atoms with E-state index in [-0.39, 0.29) is 0 Å². The molecule has 0 amide bonds. The molecule has 3 rings (SSSR count). The first-order valence-electron chi connectivity index (χ1n) is 7.86. The molecule has 1 aromatic heterocycles. The van der Waals surface area contributed by atoms with Crippen LogP contribution in [0.15, 0.2) is 22.7 Å². The molecule has 0 bridgehead atoms. The second kappa shape index (κ2) is 5.96. The Balaban J connectivity index is 1.72. The van der Waals surface area contributed by atoms with Crippen LogP contribution in [0.25, 0.3) is 11.0 Å². The second-order valence-corrected chi connectivity index (χ2v) is 6.04. The fourth-order valence-electron chi connectivity index (χ4n) is 3.18. The van der Waals surface area contributed by atoms with Gasteiger partial charge in [0.15, 0.2) is 5.58 Å². The van der Waals surface area contributed by atoms with E-state index in [0.717, 1.165) is 5.58 Å². The normalized spacial score (nSPS) is 17.9. The lowest BCUT2D eigenvalue weighted by atomic mass is 9.91. The average molecular weight is 272 g/mol. The molecule has 3 heteroatoms. The van der Waals surface area contributed by atoms with E-state index < -0.39 is 0 Å². The molecule has 20 heavy (non-hydrogen) atoms. The van der Waals surface area contributed by atoms with Crippen molar-refractivity contribution in [3.8, 4) is 0 Å². The van der Waals surface area contributed by atoms with Crippen LogP contribution in [-0.4, -0.2) is 29.7 Å². The summed E-state index contributed by atoms with van der Waals surface area (Å²) in [6, 6.07) is 6.34. The van der Waals surface area contributed by atoms with Crippen molar-refractivity contribution in [3.05, 3.63) is 29.5 Å². The van der Waals surface area contributed by atoms with Crippen LogP contribution in [0.2, 0.25) is 0 Å². The van der Waals surface area contributed by atoms with Crippen LogP contribution in [0, 0.1) is 6.92 Å². The molecule has 1 fully saturated rings. The van der Waals surface area contributed by atoms with Crippen molar-refractivity contribution in [2.24, 2.45) is 0 Å². The summed E-state index contributed by atoms with van der Waals surface area (Å²) in [7, 11) is 0. The molecule has 1 saturated heterocycles. The Bertz CT molecular complexity index is 567. The van der Waals surface area contributed by atoms with Crippen LogP contribution < -0.4 is 0 Å². The smallest absolute Gasteiger partial charge is 0.167 e. The number of rotatable bonds is 4. The number of likely N-dealkylation sites (tertiary alicyclic amines) is 1. The van der Waals surface area contributed by atoms with E-state index in [1.54, 1.807) is 0 Å². The third kappa shape index (κ3) is 2.73. The van der Waals surface area contributed by atoms with E-state index in [2.05, 4.69) is 36.0 Å². The monoisotopic (exact) mass is 272 g/mol. The first-order chi connectivity index (χ1) is 9.78. The lowest BCUT2D eigenvalue weighted by Gasteiger charge is -2.31. The van der Waals surface area contributed by atoms with E-state index in [0.29, 0.717) is 5.92 Å². The molecule has 0 aliphatic carbocycles. The zero-order valence-corrected chi connectivity index (χ0v) is 12.6. The fraction of sp³-hybridized carbons (Fsp3) is 0.588. The molecule has 0 radical (unpaired) electrons. The number of piperidine rings is 1. The molecular formula is C17H24N2O. The minimum absolute atomic E-state index is 0.566. The lowest BCUT2D eigenvalue weighted by molar-refractivity contribution is 0.207. The van der Waals surface area contributed by atoms with Crippen LogP contribution >= 0.6 is 0 Å². The largest absolute Gasteiger partial charge is 0.356 e. The summed E-state index contributed by atoms with van der Waals surface area (Å²) in [6.45, 7) is 8.04. The Morgan fingerprint density at radius 3 is 2.85 bits per heavy atom. The molecule has 1 aliphatic rings. The summed E-state index contributed by atoms with van der Waals surface area (Å²) in [5, 5.41) is 5.57. The first kappa shape index (κ1) is 13.6. The summed E-state index contributed by atoms with van der Waals surface area (Å²) in [5.41, 5.74) is 3.39. The van der Waals surface area contributed by atoms with Gasteiger partial charge in [-0.3, -0.25) is 0 Å². The van der Waals surface area contributed by atoms with E-state index in [1.807, 2.05) is 6.07 Å². The van der Waals surface area contributed by atoms with Gasteiger partial charge in [-0.25, -0.2) is 0 Å². The molecule has 1 aliphatic heterocycles. The van der Waals surface area contributed by atoms with Gasteiger partial charge in [0.2, 0.25) is 0 Å². The summed E-state index contributed by atoms with van der Waals surface area (Å²) in [4.78, 5) is 2.59. The highest BCUT2D eigenvalue weighted by Crippen LogP contribution is 2.32. The zero-order chi connectivity index (χ0) is 13.9. The molecular weight excluding hydrogens is 248 g/mol. The molecule has 1 aromatic carbocycles. The van der Waals surface area contributed by atoms with Crippen molar-refractivity contribution in [2.45, 2.75) is 45.4 Å². The number of hydrogen-bond acceptors (Lipinski definition) is 3. The van der Waals surface area contributed by atoms with Crippen LogP contribution in [0.5, 0.6) is 0 Å². The van der Waals surface area contributed by atoms with Crippen molar-refractivity contribution in [3.63, 3.8) is 0 Å². The SMILES string of the molecule is CCCCN1CCC(c2noc3ccc(C)cc23)CC1. The predicted octanol–water partition coefficient (Wildman–Crippen LogP) is 4.12. The Kier molecular flexibility index (Phi) is 4.06. The van der Waals surface area contributed by atoms with Crippen LogP contribution in [0.1, 0.15) is 49.8 Å². The van der Waals surface area contributed by atoms with Crippen molar-refractivity contribution in [1.29, 1.82) is 0 Å². The third-order valence-electron chi connectivity index (χ3n) is 4.46. The summed E-state index contributed by atoms with van der Waals surface area (Å²) in [6.07, 6.45) is 5.02. The highest BCUT2D eigenvalue weighted by Gasteiger charge is 2.24. The molecule has 0 N–H and O–H groups in total. The predicted molar refractivity (Wildman–Crippen MR) is 82.1 cm³/mol. The standard InChI is InChI=1S/C17H24N2O/c1-3-4-9-19-10-7-14(8-11-19)17-15-12-13(2)5-6-16(15)20-18-17/h5-6,12,14H,3-4,7-11H2,1-2H3. The van der Waals surface area contributed by atoms with Gasteiger partial charge in [0, 0.05) is 11.3 Å². The Morgan fingerprint density at radius 1 is 1.30 bits per heavy atom. The molecule has 2 aromatic rings. The average Bonchev–Trinajstić information content (AvgIpc) is 2.88. The maximum absolute atomic E-state index is 5.49. The minimum atomic E-state index is 0.566. The van der Waals surface area contributed by atoms with Gasteiger partial charge >= 0.3 is 0 Å². The second-order valence-electron chi connectivity index (χ2n) is 6.04. The molecule has 3 nitrogen and oxygen atoms in total. The summed E-state index contributed by atoms with van der Waals surface area (Å²) in [5.74, 6) is 0.566. The van der Waals surface area contributed by atoms with Crippen LogP contribution in [0.4, 0.5) is 0 Å². The van der Waals surface area contributed by atoms with E-state index in [1.165, 1.54) is 62.0 Å². The van der Waals surface area contributed by atoms with Crippen molar-refractivity contribution in [2.75, 3.05) is 19.6 Å². The third-order valence-corrected chi connectivity index (χ3v) is 4.46. The molecule has 2 heterocycles. The van der Waals surface area contributed by atoms with E-state index in [4.69, 9.17) is 4.52 Å². The quantitative estimate of drug-likeness (QED) is 0.838. The van der Waals surface area contributed by atoms with Crippen LogP contribution in [-0.2, 0) is 0 Å². The number of fused-ring (bicyclic) bond motifs is 1. The molecule has 108 valence electrons. The minimum Gasteiger partial charge on any atom is -0.356 e. The Morgan fingerprint density at radius 2 is 2.10 bits per heavy atom. The van der Waals surface area contributed by atoms with Crippen LogP contribution in [0.3, 0.4) is 0 Å². The number of unbranched alkanes of at least 4 members (excludes halogenated alkanes) is 1. The number of benzene rings is 1. The highest BCUT2D eigenvalue weighted by molar-refractivity contribution is 5.80. The number of aryl methyl sites for hydroxylation is 1.